The smallest absolute Gasteiger partial charge is 0.268 e. The van der Waals surface area contributed by atoms with Crippen molar-refractivity contribution in [3.8, 4) is 0 Å². The minimum Gasteiger partial charge on any atom is -0.756 e. The van der Waals surface area contributed by atoms with Crippen molar-refractivity contribution in [2.24, 2.45) is 0 Å². The summed E-state index contributed by atoms with van der Waals surface area (Å²) in [6, 6.07) is -0.801. The van der Waals surface area contributed by atoms with Gasteiger partial charge in [0.15, 0.2) is 0 Å². The molecule has 400 valence electrons. The SMILES string of the molecule is CCCCCCCCC/C=C\CCCCCCCCCC(=O)NC(COP(=O)([O-])OCC[N+](C)(C)C)C(O)CCCCCCCCCCCCCCCCCCCCCCCCCCCCC. The monoisotopic (exact) mass is 969 g/mol. The van der Waals surface area contributed by atoms with Gasteiger partial charge in [-0.25, -0.2) is 0 Å². The Bertz CT molecular complexity index is 1100. The summed E-state index contributed by atoms with van der Waals surface area (Å²) in [5.41, 5.74) is 0. The molecule has 2 N–H and O–H groups in total. The van der Waals surface area contributed by atoms with E-state index >= 15 is 0 Å². The molecule has 0 aliphatic rings. The summed E-state index contributed by atoms with van der Waals surface area (Å²) in [6.07, 6.45) is 61.0. The molecule has 67 heavy (non-hydrogen) atoms. The lowest BCUT2D eigenvalue weighted by atomic mass is 10.0. The molecule has 0 spiro atoms. The van der Waals surface area contributed by atoms with E-state index < -0.39 is 20.0 Å². The number of hydrogen-bond acceptors (Lipinski definition) is 6. The first kappa shape index (κ1) is 66.2. The van der Waals surface area contributed by atoms with Crippen LogP contribution in [0.1, 0.15) is 303 Å². The van der Waals surface area contributed by atoms with Crippen LogP contribution in [0.5, 0.6) is 0 Å². The van der Waals surface area contributed by atoms with Crippen LogP contribution in [0, 0.1) is 0 Å². The minimum atomic E-state index is -4.57. The highest BCUT2D eigenvalue weighted by atomic mass is 31.2. The van der Waals surface area contributed by atoms with Gasteiger partial charge in [-0.1, -0.05) is 270 Å². The summed E-state index contributed by atoms with van der Waals surface area (Å²) >= 11 is 0. The predicted octanol–water partition coefficient (Wildman–Crippen LogP) is 17.2. The molecule has 0 aromatic carbocycles. The molecule has 0 saturated carbocycles. The summed E-state index contributed by atoms with van der Waals surface area (Å²) in [5.74, 6) is -0.164. The number of carbonyl (C=O) groups excluding carboxylic acids is 1. The maximum absolute atomic E-state index is 13.0. The van der Waals surface area contributed by atoms with Crippen LogP contribution in [0.2, 0.25) is 0 Å². The van der Waals surface area contributed by atoms with E-state index in [-0.39, 0.29) is 19.1 Å². The first-order chi connectivity index (χ1) is 32.5. The summed E-state index contributed by atoms with van der Waals surface area (Å²) in [6.45, 7) is 4.76. The first-order valence-electron chi connectivity index (χ1n) is 29.5. The van der Waals surface area contributed by atoms with Gasteiger partial charge >= 0.3 is 0 Å². The zero-order valence-electron chi connectivity index (χ0n) is 45.6. The molecule has 0 aromatic rings. The second-order valence-corrected chi connectivity index (χ2v) is 23.1. The van der Waals surface area contributed by atoms with Crippen LogP contribution in [0.4, 0.5) is 0 Å². The molecule has 0 saturated heterocycles. The zero-order chi connectivity index (χ0) is 49.2. The molecule has 0 radical (unpaired) electrons. The number of aliphatic hydroxyl groups excluding tert-OH is 1. The molecule has 0 bridgehead atoms. The quantitative estimate of drug-likeness (QED) is 0.0272. The van der Waals surface area contributed by atoms with E-state index in [2.05, 4.69) is 31.3 Å². The lowest BCUT2D eigenvalue weighted by Gasteiger charge is -2.30. The van der Waals surface area contributed by atoms with Crippen LogP contribution >= 0.6 is 7.82 Å². The number of unbranched alkanes of at least 4 members (excludes halogenated alkanes) is 40. The largest absolute Gasteiger partial charge is 0.756 e. The van der Waals surface area contributed by atoms with Gasteiger partial charge in [-0.05, 0) is 38.5 Å². The molecule has 1 amide bonds. The Morgan fingerprint density at radius 3 is 1.16 bits per heavy atom. The fourth-order valence-electron chi connectivity index (χ4n) is 9.10. The van der Waals surface area contributed by atoms with Crippen LogP contribution in [0.15, 0.2) is 12.2 Å². The normalized spacial score (nSPS) is 14.0. The van der Waals surface area contributed by atoms with Gasteiger partial charge in [0.05, 0.1) is 39.9 Å². The topological polar surface area (TPSA) is 108 Å². The van der Waals surface area contributed by atoms with Crippen molar-refractivity contribution in [1.29, 1.82) is 0 Å². The summed E-state index contributed by atoms with van der Waals surface area (Å²) < 4.78 is 23.4. The summed E-state index contributed by atoms with van der Waals surface area (Å²) in [7, 11) is 1.32. The molecule has 3 unspecified atom stereocenters. The molecule has 0 heterocycles. The third kappa shape index (κ3) is 52.9. The Morgan fingerprint density at radius 2 is 0.821 bits per heavy atom. The number of aliphatic hydroxyl groups is 1. The number of nitrogens with zero attached hydrogens (tertiary/aromatic N) is 1. The molecule has 0 aliphatic heterocycles. The average Bonchev–Trinajstić information content (AvgIpc) is 3.29. The summed E-state index contributed by atoms with van der Waals surface area (Å²) in [5, 5.41) is 14.0. The molecule has 0 rings (SSSR count). The van der Waals surface area contributed by atoms with Gasteiger partial charge in [0.1, 0.15) is 13.2 Å². The van der Waals surface area contributed by atoms with Gasteiger partial charge in [0.2, 0.25) is 5.91 Å². The number of likely N-dealkylation sites (N-methyl/N-ethyl adjacent to an activating group) is 1. The van der Waals surface area contributed by atoms with Crippen LogP contribution in [-0.2, 0) is 18.4 Å². The van der Waals surface area contributed by atoms with Gasteiger partial charge < -0.3 is 28.8 Å². The fraction of sp³-hybridized carbons (Fsp3) is 0.948. The number of nitrogens with one attached hydrogen (secondary N) is 1. The summed E-state index contributed by atoms with van der Waals surface area (Å²) in [4.78, 5) is 25.5. The van der Waals surface area contributed by atoms with Gasteiger partial charge in [-0.2, -0.15) is 0 Å². The molecule has 9 heteroatoms. The molecule has 0 aliphatic carbocycles. The zero-order valence-corrected chi connectivity index (χ0v) is 46.5. The highest BCUT2D eigenvalue weighted by Crippen LogP contribution is 2.38. The number of phosphoric ester groups is 1. The van der Waals surface area contributed by atoms with E-state index in [1.165, 1.54) is 238 Å². The Morgan fingerprint density at radius 1 is 0.507 bits per heavy atom. The average molecular weight is 970 g/mol. The Kier molecular flexibility index (Phi) is 49.6. The standard InChI is InChI=1S/C58H117N2O6P/c1-6-8-10-12-14-16-18-20-22-24-26-27-28-29-30-31-32-33-34-35-37-39-41-43-45-47-49-51-57(61)56(55-66-67(63,64)65-54-53-60(3,4)5)59-58(62)52-50-48-46-44-42-40-38-36-25-23-21-19-17-15-13-11-9-7-2/h23,25,56-57,61H,6-22,24,26-55H2,1-5H3,(H-,59,62,63,64)/b25-23-. The number of phosphoric acid groups is 1. The second kappa shape index (κ2) is 50.2. The van der Waals surface area contributed by atoms with E-state index in [4.69, 9.17) is 9.05 Å². The van der Waals surface area contributed by atoms with E-state index in [0.717, 1.165) is 38.5 Å². The van der Waals surface area contributed by atoms with Gasteiger partial charge in [0.25, 0.3) is 7.82 Å². The van der Waals surface area contributed by atoms with Crippen LogP contribution < -0.4 is 10.2 Å². The van der Waals surface area contributed by atoms with Crippen molar-refractivity contribution in [3.05, 3.63) is 12.2 Å². The third-order valence-electron chi connectivity index (χ3n) is 13.8. The molecular weight excluding hydrogens is 852 g/mol. The predicted molar refractivity (Wildman–Crippen MR) is 289 cm³/mol. The third-order valence-corrected chi connectivity index (χ3v) is 14.7. The van der Waals surface area contributed by atoms with Gasteiger partial charge in [-0.3, -0.25) is 9.36 Å². The molecule has 8 nitrogen and oxygen atoms in total. The van der Waals surface area contributed by atoms with Crippen molar-refractivity contribution >= 4 is 13.7 Å². The minimum absolute atomic E-state index is 0.0138. The first-order valence-corrected chi connectivity index (χ1v) is 31.0. The maximum Gasteiger partial charge on any atom is 0.268 e. The fourth-order valence-corrected chi connectivity index (χ4v) is 9.82. The lowest BCUT2D eigenvalue weighted by Crippen LogP contribution is -2.46. The highest BCUT2D eigenvalue weighted by Gasteiger charge is 2.24. The van der Waals surface area contributed by atoms with Crippen molar-refractivity contribution in [3.63, 3.8) is 0 Å². The van der Waals surface area contributed by atoms with E-state index in [0.29, 0.717) is 23.9 Å². The van der Waals surface area contributed by atoms with Gasteiger partial charge in [-0.15, -0.1) is 0 Å². The number of allylic oxidation sites excluding steroid dienone is 2. The van der Waals surface area contributed by atoms with Gasteiger partial charge in [0, 0.05) is 6.42 Å². The van der Waals surface area contributed by atoms with Crippen molar-refractivity contribution in [1.82, 2.24) is 5.32 Å². The second-order valence-electron chi connectivity index (χ2n) is 21.7. The lowest BCUT2D eigenvalue weighted by molar-refractivity contribution is -0.870. The van der Waals surface area contributed by atoms with E-state index in [9.17, 15) is 19.4 Å². The van der Waals surface area contributed by atoms with E-state index in [1.807, 2.05) is 21.1 Å². The molecule has 0 fully saturated rings. The van der Waals surface area contributed by atoms with Crippen molar-refractivity contribution < 1.29 is 32.9 Å². The number of amides is 1. The Hall–Kier alpha value is -0.760. The Balaban J connectivity index is 4.10. The highest BCUT2D eigenvalue weighted by molar-refractivity contribution is 7.45. The molecular formula is C58H117N2O6P. The van der Waals surface area contributed by atoms with Crippen LogP contribution in [-0.4, -0.2) is 68.5 Å². The van der Waals surface area contributed by atoms with Crippen LogP contribution in [0.25, 0.3) is 0 Å². The number of hydrogen-bond donors (Lipinski definition) is 2. The maximum atomic E-state index is 13.0. The number of carbonyl (C=O) groups is 1. The van der Waals surface area contributed by atoms with Crippen molar-refractivity contribution in [2.45, 2.75) is 315 Å². The number of quaternary nitrogens is 1. The Labute approximate surface area is 418 Å². The number of rotatable bonds is 55. The van der Waals surface area contributed by atoms with Crippen LogP contribution in [0.3, 0.4) is 0 Å². The van der Waals surface area contributed by atoms with E-state index in [1.54, 1.807) is 0 Å². The molecule has 3 atom stereocenters. The molecule has 0 aromatic heterocycles. The van der Waals surface area contributed by atoms with Crippen molar-refractivity contribution in [2.75, 3.05) is 40.9 Å².